The van der Waals surface area contributed by atoms with Gasteiger partial charge in [0.15, 0.2) is 11.5 Å². The Hall–Kier alpha value is -3.12. The Balaban J connectivity index is 1.33. The number of hydrogen-bond donors (Lipinski definition) is 0. The maximum absolute atomic E-state index is 12.8. The fraction of sp³-hybridized carbons (Fsp3) is 0.320. The van der Waals surface area contributed by atoms with Gasteiger partial charge in [0.2, 0.25) is 0 Å². The largest absolute Gasteiger partial charge is 0.493 e. The molecule has 0 radical (unpaired) electrons. The number of amides is 2. The number of carbonyl (C=O) groups excluding carboxylic acids is 2. The summed E-state index contributed by atoms with van der Waals surface area (Å²) in [5.74, 6) is 0.202. The average Bonchev–Trinajstić information content (AvgIpc) is 3.46. The van der Waals surface area contributed by atoms with E-state index in [0.29, 0.717) is 28.7 Å². The summed E-state index contributed by atoms with van der Waals surface area (Å²) in [5.41, 5.74) is 2.79. The fourth-order valence-electron chi connectivity index (χ4n) is 4.92. The Bertz CT molecular complexity index is 1110. The van der Waals surface area contributed by atoms with Crippen molar-refractivity contribution in [2.45, 2.75) is 20.0 Å². The smallest absolute Gasteiger partial charge is 0.254 e. The number of fused-ring (bicyclic) bond motifs is 5. The second-order valence-electron chi connectivity index (χ2n) is 8.54. The first kappa shape index (κ1) is 20.8. The lowest BCUT2D eigenvalue weighted by Gasteiger charge is -2.14. The molecule has 32 heavy (non-hydrogen) atoms. The van der Waals surface area contributed by atoms with Crippen LogP contribution in [0.1, 0.15) is 23.1 Å². The van der Waals surface area contributed by atoms with Crippen molar-refractivity contribution in [3.8, 4) is 11.5 Å². The molecule has 0 aromatic heterocycles. The molecule has 2 aliphatic carbocycles. The Morgan fingerprint density at radius 3 is 2.38 bits per heavy atom. The van der Waals surface area contributed by atoms with Crippen LogP contribution in [0.2, 0.25) is 5.02 Å². The van der Waals surface area contributed by atoms with Gasteiger partial charge in [-0.05, 0) is 48.4 Å². The first-order valence-electron chi connectivity index (χ1n) is 10.6. The monoisotopic (exact) mass is 450 g/mol. The summed E-state index contributed by atoms with van der Waals surface area (Å²) in [6.45, 7) is 2.38. The number of halogens is 1. The zero-order valence-electron chi connectivity index (χ0n) is 17.8. The van der Waals surface area contributed by atoms with Gasteiger partial charge >= 0.3 is 0 Å². The van der Waals surface area contributed by atoms with Gasteiger partial charge in [-0.2, -0.15) is 10.1 Å². The fourth-order valence-corrected chi connectivity index (χ4v) is 5.19. The van der Waals surface area contributed by atoms with E-state index in [9.17, 15) is 9.59 Å². The molecule has 2 aromatic carbocycles. The van der Waals surface area contributed by atoms with Crippen molar-refractivity contribution in [2.75, 3.05) is 7.11 Å². The number of methoxy groups -OCH3 is 1. The van der Waals surface area contributed by atoms with Gasteiger partial charge in [-0.15, -0.1) is 0 Å². The quantitative estimate of drug-likeness (QED) is 0.372. The van der Waals surface area contributed by atoms with E-state index in [0.717, 1.165) is 17.0 Å². The van der Waals surface area contributed by atoms with Gasteiger partial charge in [0.1, 0.15) is 6.61 Å². The van der Waals surface area contributed by atoms with Crippen molar-refractivity contribution in [1.29, 1.82) is 0 Å². The molecule has 1 saturated heterocycles. The van der Waals surface area contributed by atoms with E-state index >= 15 is 0 Å². The second kappa shape index (κ2) is 8.10. The van der Waals surface area contributed by atoms with Gasteiger partial charge in [0, 0.05) is 0 Å². The SMILES string of the molecule is COc1cc(C=NN2C(=O)C3C4C=CC(C4)C3C2=O)cc(Cl)c1OCc1ccc(C)cc1. The molecular weight excluding hydrogens is 428 g/mol. The third-order valence-corrected chi connectivity index (χ3v) is 6.81. The van der Waals surface area contributed by atoms with E-state index in [-0.39, 0.29) is 35.5 Å². The molecule has 5 rings (SSSR count). The maximum Gasteiger partial charge on any atom is 0.254 e. The molecule has 3 aliphatic rings. The van der Waals surface area contributed by atoms with Crippen LogP contribution in [-0.2, 0) is 16.2 Å². The van der Waals surface area contributed by atoms with Crippen molar-refractivity contribution in [3.05, 3.63) is 70.3 Å². The third-order valence-electron chi connectivity index (χ3n) is 6.52. The minimum Gasteiger partial charge on any atom is -0.493 e. The highest BCUT2D eigenvalue weighted by atomic mass is 35.5. The second-order valence-corrected chi connectivity index (χ2v) is 8.95. The lowest BCUT2D eigenvalue weighted by molar-refractivity contribution is -0.140. The molecule has 1 saturated carbocycles. The molecule has 4 atom stereocenters. The maximum atomic E-state index is 12.8. The third kappa shape index (κ3) is 3.48. The van der Waals surface area contributed by atoms with E-state index in [2.05, 4.69) is 17.3 Å². The topological polar surface area (TPSA) is 68.2 Å². The number of carbonyl (C=O) groups is 2. The normalized spacial score (nSPS) is 25.8. The van der Waals surface area contributed by atoms with Crippen molar-refractivity contribution in [2.24, 2.45) is 28.8 Å². The number of rotatable bonds is 6. The number of imide groups is 1. The van der Waals surface area contributed by atoms with E-state index in [1.165, 1.54) is 18.9 Å². The number of ether oxygens (including phenoxy) is 2. The van der Waals surface area contributed by atoms with Crippen LogP contribution in [-0.4, -0.2) is 30.1 Å². The van der Waals surface area contributed by atoms with Gasteiger partial charge in [-0.3, -0.25) is 9.59 Å². The summed E-state index contributed by atoms with van der Waals surface area (Å²) < 4.78 is 11.4. The highest BCUT2D eigenvalue weighted by Crippen LogP contribution is 2.52. The molecule has 2 fully saturated rings. The summed E-state index contributed by atoms with van der Waals surface area (Å²) in [7, 11) is 1.53. The highest BCUT2D eigenvalue weighted by molar-refractivity contribution is 6.32. The van der Waals surface area contributed by atoms with Crippen LogP contribution in [0.5, 0.6) is 11.5 Å². The zero-order chi connectivity index (χ0) is 22.4. The molecule has 6 nitrogen and oxygen atoms in total. The molecule has 0 spiro atoms. The van der Waals surface area contributed by atoms with Crippen LogP contribution in [0, 0.1) is 30.6 Å². The number of hydrazone groups is 1. The highest BCUT2D eigenvalue weighted by Gasteiger charge is 2.59. The molecule has 2 bridgehead atoms. The molecule has 0 N–H and O–H groups in total. The molecular formula is C25H23ClN2O4. The van der Waals surface area contributed by atoms with Crippen LogP contribution in [0.4, 0.5) is 0 Å². The van der Waals surface area contributed by atoms with Crippen LogP contribution >= 0.6 is 11.6 Å². The number of allylic oxidation sites excluding steroid dienone is 2. The molecule has 2 aromatic rings. The van der Waals surface area contributed by atoms with Gasteiger partial charge in [0.05, 0.1) is 30.2 Å². The van der Waals surface area contributed by atoms with Crippen molar-refractivity contribution in [3.63, 3.8) is 0 Å². The Labute approximate surface area is 191 Å². The van der Waals surface area contributed by atoms with E-state index in [1.54, 1.807) is 12.1 Å². The molecule has 7 heteroatoms. The Morgan fingerprint density at radius 1 is 1.09 bits per heavy atom. The van der Waals surface area contributed by atoms with Gasteiger partial charge < -0.3 is 9.47 Å². The summed E-state index contributed by atoms with van der Waals surface area (Å²) in [6.07, 6.45) is 6.47. The molecule has 1 heterocycles. The molecule has 4 unspecified atom stereocenters. The lowest BCUT2D eigenvalue weighted by Crippen LogP contribution is -2.28. The van der Waals surface area contributed by atoms with Gasteiger partial charge in [-0.25, -0.2) is 0 Å². The summed E-state index contributed by atoms with van der Waals surface area (Å²) in [4.78, 5) is 25.6. The van der Waals surface area contributed by atoms with Gasteiger partial charge in [0.25, 0.3) is 11.8 Å². The minimum atomic E-state index is -0.273. The van der Waals surface area contributed by atoms with Crippen molar-refractivity contribution >= 4 is 29.6 Å². The van der Waals surface area contributed by atoms with Crippen LogP contribution in [0.15, 0.2) is 53.7 Å². The first-order chi connectivity index (χ1) is 15.5. The Kier molecular flexibility index (Phi) is 5.25. The average molecular weight is 451 g/mol. The summed E-state index contributed by atoms with van der Waals surface area (Å²) in [5, 5.41) is 5.58. The molecule has 1 aliphatic heterocycles. The number of nitrogens with zero attached hydrogens (tertiary/aromatic N) is 2. The summed E-state index contributed by atoms with van der Waals surface area (Å²) >= 11 is 6.46. The standard InChI is InChI=1S/C25H23ClN2O4/c1-14-3-5-15(6-4-14)13-32-23-19(26)9-16(10-20(23)31-2)12-27-28-24(29)21-17-7-8-18(11-17)22(21)25(28)30/h3-10,12,17-18,21-22H,11,13H2,1-2H3. The predicted octanol–water partition coefficient (Wildman–Crippen LogP) is 4.38. The minimum absolute atomic E-state index is 0.154. The Morgan fingerprint density at radius 2 is 1.75 bits per heavy atom. The van der Waals surface area contributed by atoms with Crippen LogP contribution in [0.25, 0.3) is 0 Å². The zero-order valence-corrected chi connectivity index (χ0v) is 18.6. The first-order valence-corrected chi connectivity index (χ1v) is 11.0. The van der Waals surface area contributed by atoms with E-state index in [4.69, 9.17) is 21.1 Å². The van der Waals surface area contributed by atoms with Crippen LogP contribution < -0.4 is 9.47 Å². The van der Waals surface area contributed by atoms with E-state index < -0.39 is 0 Å². The van der Waals surface area contributed by atoms with Crippen molar-refractivity contribution in [1.82, 2.24) is 5.01 Å². The predicted molar refractivity (Wildman–Crippen MR) is 121 cm³/mol. The number of benzene rings is 2. The lowest BCUT2D eigenvalue weighted by atomic mass is 9.85. The van der Waals surface area contributed by atoms with Gasteiger partial charge in [-0.1, -0.05) is 53.6 Å². The molecule has 2 amide bonds. The van der Waals surface area contributed by atoms with E-state index in [1.807, 2.05) is 31.2 Å². The molecule has 164 valence electrons. The van der Waals surface area contributed by atoms with Crippen LogP contribution in [0.3, 0.4) is 0 Å². The number of aryl methyl sites for hydroxylation is 1. The number of hydrogen-bond acceptors (Lipinski definition) is 5. The summed E-state index contributed by atoms with van der Waals surface area (Å²) in [6, 6.07) is 11.4. The van der Waals surface area contributed by atoms with Crippen molar-refractivity contribution < 1.29 is 19.1 Å².